The Morgan fingerprint density at radius 2 is 2.04 bits per heavy atom. The van der Waals surface area contributed by atoms with Crippen molar-refractivity contribution in [1.82, 2.24) is 10.3 Å². The van der Waals surface area contributed by atoms with Crippen molar-refractivity contribution in [2.24, 2.45) is 0 Å². The summed E-state index contributed by atoms with van der Waals surface area (Å²) in [5, 5.41) is 2.80. The maximum absolute atomic E-state index is 11.8. The molecule has 0 aliphatic heterocycles. The highest BCUT2D eigenvalue weighted by molar-refractivity contribution is 5.91. The molecule has 2 heterocycles. The van der Waals surface area contributed by atoms with Gasteiger partial charge in [-0.1, -0.05) is 18.2 Å². The molecule has 0 bridgehead atoms. The van der Waals surface area contributed by atoms with Crippen molar-refractivity contribution in [3.8, 4) is 11.6 Å². The van der Waals surface area contributed by atoms with Gasteiger partial charge in [0.25, 0.3) is 0 Å². The molecular weight excluding hydrogens is 304 g/mol. The Morgan fingerprint density at radius 3 is 2.83 bits per heavy atom. The highest BCUT2D eigenvalue weighted by Crippen LogP contribution is 2.19. The number of hydrogen-bond acceptors (Lipinski definition) is 4. The molecule has 0 saturated carbocycles. The number of ether oxygens (including phenoxy) is 1. The van der Waals surface area contributed by atoms with Gasteiger partial charge in [-0.2, -0.15) is 0 Å². The molecule has 0 aliphatic rings. The number of nitrogens with zero attached hydrogens (tertiary/aromatic N) is 1. The molecule has 5 nitrogen and oxygen atoms in total. The van der Waals surface area contributed by atoms with E-state index in [0.717, 1.165) is 5.56 Å². The summed E-state index contributed by atoms with van der Waals surface area (Å²) < 4.78 is 10.8. The van der Waals surface area contributed by atoms with Crippen LogP contribution in [-0.4, -0.2) is 10.9 Å². The van der Waals surface area contributed by atoms with Crippen LogP contribution in [0.5, 0.6) is 11.6 Å². The normalized spacial score (nSPS) is 10.7. The summed E-state index contributed by atoms with van der Waals surface area (Å²) in [6, 6.07) is 16.6. The molecule has 120 valence electrons. The lowest BCUT2D eigenvalue weighted by Crippen LogP contribution is -2.20. The number of hydrogen-bond donors (Lipinski definition) is 1. The second-order valence-corrected chi connectivity index (χ2v) is 4.98. The van der Waals surface area contributed by atoms with Gasteiger partial charge in [0, 0.05) is 24.9 Å². The number of nitrogens with one attached hydrogen (secondary N) is 1. The number of para-hydroxylation sites is 1. The Morgan fingerprint density at radius 1 is 1.17 bits per heavy atom. The Labute approximate surface area is 139 Å². The Balaban J connectivity index is 1.55. The quantitative estimate of drug-likeness (QED) is 0.702. The number of amides is 1. The topological polar surface area (TPSA) is 64.4 Å². The minimum Gasteiger partial charge on any atom is -0.465 e. The third kappa shape index (κ3) is 4.58. The lowest BCUT2D eigenvalue weighted by Gasteiger charge is -2.07. The van der Waals surface area contributed by atoms with Crippen LogP contribution >= 0.6 is 0 Å². The maximum atomic E-state index is 11.8. The average molecular weight is 320 g/mol. The molecule has 3 rings (SSSR count). The number of furan rings is 1. The zero-order valence-electron chi connectivity index (χ0n) is 12.9. The molecule has 0 spiro atoms. The van der Waals surface area contributed by atoms with Crippen LogP contribution in [0, 0.1) is 0 Å². The third-order valence-electron chi connectivity index (χ3n) is 3.17. The molecule has 0 radical (unpaired) electrons. The molecule has 0 unspecified atom stereocenters. The molecule has 24 heavy (non-hydrogen) atoms. The van der Waals surface area contributed by atoms with Gasteiger partial charge < -0.3 is 14.5 Å². The van der Waals surface area contributed by atoms with Crippen molar-refractivity contribution in [3.63, 3.8) is 0 Å². The Kier molecular flexibility index (Phi) is 5.04. The highest BCUT2D eigenvalue weighted by atomic mass is 16.5. The molecule has 3 aromatic rings. The van der Waals surface area contributed by atoms with Gasteiger partial charge in [0.1, 0.15) is 11.5 Å². The van der Waals surface area contributed by atoms with E-state index >= 15 is 0 Å². The van der Waals surface area contributed by atoms with Gasteiger partial charge in [0.2, 0.25) is 11.8 Å². The first-order chi connectivity index (χ1) is 11.8. The predicted molar refractivity (Wildman–Crippen MR) is 90.3 cm³/mol. The fraction of sp³-hybridized carbons (Fsp3) is 0.0526. The van der Waals surface area contributed by atoms with E-state index in [0.29, 0.717) is 23.9 Å². The molecule has 1 aromatic carbocycles. The van der Waals surface area contributed by atoms with Gasteiger partial charge in [-0.15, -0.1) is 0 Å². The molecule has 5 heteroatoms. The maximum Gasteiger partial charge on any atom is 0.244 e. The lowest BCUT2D eigenvalue weighted by atomic mass is 10.2. The fourth-order valence-corrected chi connectivity index (χ4v) is 2.02. The van der Waals surface area contributed by atoms with Gasteiger partial charge in [-0.05, 0) is 42.0 Å². The molecule has 0 aliphatic carbocycles. The van der Waals surface area contributed by atoms with Crippen LogP contribution < -0.4 is 10.1 Å². The van der Waals surface area contributed by atoms with E-state index in [4.69, 9.17) is 9.15 Å². The first-order valence-corrected chi connectivity index (χ1v) is 7.47. The smallest absolute Gasteiger partial charge is 0.244 e. The summed E-state index contributed by atoms with van der Waals surface area (Å²) in [7, 11) is 0. The van der Waals surface area contributed by atoms with Crippen molar-refractivity contribution in [1.29, 1.82) is 0 Å². The van der Waals surface area contributed by atoms with Crippen LogP contribution in [0.15, 0.2) is 77.6 Å². The van der Waals surface area contributed by atoms with E-state index in [2.05, 4.69) is 10.3 Å². The molecule has 0 fully saturated rings. The van der Waals surface area contributed by atoms with Gasteiger partial charge in [-0.3, -0.25) is 4.79 Å². The van der Waals surface area contributed by atoms with Gasteiger partial charge in [-0.25, -0.2) is 4.98 Å². The van der Waals surface area contributed by atoms with E-state index in [1.165, 1.54) is 6.08 Å². The lowest BCUT2D eigenvalue weighted by molar-refractivity contribution is -0.116. The van der Waals surface area contributed by atoms with Crippen LogP contribution in [0.25, 0.3) is 6.08 Å². The SMILES string of the molecule is O=C(/C=C/c1ccco1)NCc1ccnc(Oc2ccccc2)c1. The monoisotopic (exact) mass is 320 g/mol. The third-order valence-corrected chi connectivity index (χ3v) is 3.17. The highest BCUT2D eigenvalue weighted by Gasteiger charge is 2.02. The zero-order chi connectivity index (χ0) is 16.6. The van der Waals surface area contributed by atoms with Gasteiger partial charge >= 0.3 is 0 Å². The zero-order valence-corrected chi connectivity index (χ0v) is 12.9. The fourth-order valence-electron chi connectivity index (χ4n) is 2.02. The number of pyridine rings is 1. The van der Waals surface area contributed by atoms with Crippen molar-refractivity contribution in [3.05, 3.63) is 84.5 Å². The summed E-state index contributed by atoms with van der Waals surface area (Å²) in [4.78, 5) is 16.0. The standard InChI is InChI=1S/C19H16N2O3/c22-18(9-8-16-7-4-12-23-16)21-14-15-10-11-20-19(13-15)24-17-5-2-1-3-6-17/h1-13H,14H2,(H,21,22)/b9-8+. The second-order valence-electron chi connectivity index (χ2n) is 4.98. The summed E-state index contributed by atoms with van der Waals surface area (Å²) in [5.74, 6) is 1.63. The molecule has 1 N–H and O–H groups in total. The predicted octanol–water partition coefficient (Wildman–Crippen LogP) is 3.80. The number of aromatic nitrogens is 1. The first kappa shape index (κ1) is 15.6. The summed E-state index contributed by atoms with van der Waals surface area (Å²) in [6.07, 6.45) is 6.26. The van der Waals surface area contributed by atoms with Gasteiger partial charge in [0.05, 0.1) is 6.26 Å². The minimum atomic E-state index is -0.200. The molecule has 0 saturated heterocycles. The van der Waals surface area contributed by atoms with Crippen LogP contribution in [-0.2, 0) is 11.3 Å². The molecule has 1 amide bonds. The van der Waals surface area contributed by atoms with Crippen LogP contribution in [0.1, 0.15) is 11.3 Å². The summed E-state index contributed by atoms with van der Waals surface area (Å²) >= 11 is 0. The van der Waals surface area contributed by atoms with Gasteiger partial charge in [0.15, 0.2) is 0 Å². The number of benzene rings is 1. The van der Waals surface area contributed by atoms with Crippen molar-refractivity contribution < 1.29 is 13.9 Å². The largest absolute Gasteiger partial charge is 0.465 e. The van der Waals surface area contributed by atoms with Crippen LogP contribution in [0.3, 0.4) is 0 Å². The van der Waals surface area contributed by atoms with Crippen molar-refractivity contribution in [2.75, 3.05) is 0 Å². The van der Waals surface area contributed by atoms with Crippen LogP contribution in [0.4, 0.5) is 0 Å². The van der Waals surface area contributed by atoms with E-state index < -0.39 is 0 Å². The second kappa shape index (κ2) is 7.78. The van der Waals surface area contributed by atoms with E-state index in [9.17, 15) is 4.79 Å². The van der Waals surface area contributed by atoms with Crippen molar-refractivity contribution in [2.45, 2.75) is 6.54 Å². The average Bonchev–Trinajstić information content (AvgIpc) is 3.13. The van der Waals surface area contributed by atoms with E-state index in [1.807, 2.05) is 36.4 Å². The minimum absolute atomic E-state index is 0.200. The molecule has 0 atom stereocenters. The molecule has 2 aromatic heterocycles. The van der Waals surface area contributed by atoms with E-state index in [1.54, 1.807) is 36.7 Å². The first-order valence-electron chi connectivity index (χ1n) is 7.47. The Hall–Kier alpha value is -3.34. The number of rotatable bonds is 6. The van der Waals surface area contributed by atoms with Crippen LogP contribution in [0.2, 0.25) is 0 Å². The summed E-state index contributed by atoms with van der Waals surface area (Å²) in [6.45, 7) is 0.384. The van der Waals surface area contributed by atoms with Crippen molar-refractivity contribution >= 4 is 12.0 Å². The molecular formula is C19H16N2O3. The number of carbonyl (C=O) groups excluding carboxylic acids is 1. The number of carbonyl (C=O) groups is 1. The summed E-state index contributed by atoms with van der Waals surface area (Å²) in [5.41, 5.74) is 0.899. The van der Waals surface area contributed by atoms with E-state index in [-0.39, 0.29) is 5.91 Å². The Bertz CT molecular complexity index is 812.